The first-order chi connectivity index (χ1) is 7.51. The Hall–Kier alpha value is -1.62. The van der Waals surface area contributed by atoms with Crippen molar-refractivity contribution in [2.45, 2.75) is 33.6 Å². The predicted octanol–water partition coefficient (Wildman–Crippen LogP) is 2.91. The molecule has 0 fully saturated rings. The number of carbonyl (C=O) groups excluding carboxylic acids is 1. The van der Waals surface area contributed by atoms with Crippen LogP contribution >= 0.6 is 0 Å². The van der Waals surface area contributed by atoms with E-state index in [1.165, 1.54) is 12.5 Å². The molecule has 0 aliphatic heterocycles. The van der Waals surface area contributed by atoms with Crippen LogP contribution in [0.5, 0.6) is 0 Å². The van der Waals surface area contributed by atoms with E-state index >= 15 is 0 Å². The summed E-state index contributed by atoms with van der Waals surface area (Å²) >= 11 is 0. The first-order valence-corrected chi connectivity index (χ1v) is 5.52. The molecule has 84 valence electrons. The number of rotatable bonds is 4. The third kappa shape index (κ3) is 2.70. The fourth-order valence-electron chi connectivity index (χ4n) is 1.54. The van der Waals surface area contributed by atoms with E-state index in [9.17, 15) is 4.79 Å². The van der Waals surface area contributed by atoms with Crippen molar-refractivity contribution in [1.82, 2.24) is 0 Å². The van der Waals surface area contributed by atoms with Crippen LogP contribution in [0.15, 0.2) is 24.3 Å². The van der Waals surface area contributed by atoms with Crippen LogP contribution in [0, 0.1) is 16.7 Å². The second-order valence-corrected chi connectivity index (χ2v) is 4.35. The highest BCUT2D eigenvalue weighted by atomic mass is 16.1. The van der Waals surface area contributed by atoms with Crippen LogP contribution in [0.1, 0.15) is 31.9 Å². The van der Waals surface area contributed by atoms with E-state index < -0.39 is 5.41 Å². The number of aryl methyl sites for hydroxylation is 1. The average Bonchev–Trinajstić information content (AvgIpc) is 2.29. The number of carbonyl (C=O) groups is 1. The number of hydrogen-bond acceptors (Lipinski definition) is 2. The SMILES string of the molecule is CCc1ccc(CC(C)(C#N)C(C)=O)cc1. The third-order valence-corrected chi connectivity index (χ3v) is 3.01. The van der Waals surface area contributed by atoms with Gasteiger partial charge in [0.05, 0.1) is 6.07 Å². The van der Waals surface area contributed by atoms with Gasteiger partial charge in [-0.25, -0.2) is 0 Å². The summed E-state index contributed by atoms with van der Waals surface area (Å²) in [5.41, 5.74) is 1.41. The van der Waals surface area contributed by atoms with Gasteiger partial charge in [0, 0.05) is 0 Å². The highest BCUT2D eigenvalue weighted by Gasteiger charge is 2.29. The van der Waals surface area contributed by atoms with Crippen molar-refractivity contribution in [3.05, 3.63) is 35.4 Å². The molecule has 16 heavy (non-hydrogen) atoms. The molecule has 0 aromatic heterocycles. The Morgan fingerprint density at radius 3 is 2.19 bits per heavy atom. The normalized spacial score (nSPS) is 13.9. The van der Waals surface area contributed by atoms with Gasteiger partial charge in [-0.3, -0.25) is 4.79 Å². The summed E-state index contributed by atoms with van der Waals surface area (Å²) in [6.45, 7) is 5.27. The molecular formula is C14H17NO. The van der Waals surface area contributed by atoms with Crippen molar-refractivity contribution in [3.63, 3.8) is 0 Å². The van der Waals surface area contributed by atoms with E-state index in [-0.39, 0.29) is 5.78 Å². The molecule has 1 unspecified atom stereocenters. The first-order valence-electron chi connectivity index (χ1n) is 5.52. The zero-order valence-corrected chi connectivity index (χ0v) is 10.1. The quantitative estimate of drug-likeness (QED) is 0.774. The molecule has 2 heteroatoms. The molecule has 0 heterocycles. The van der Waals surface area contributed by atoms with Gasteiger partial charge in [0.2, 0.25) is 0 Å². The zero-order chi connectivity index (χ0) is 12.2. The number of ketones is 1. The standard InChI is InChI=1S/C14H17NO/c1-4-12-5-7-13(8-6-12)9-14(3,10-15)11(2)16/h5-8H,4,9H2,1-3H3. The smallest absolute Gasteiger partial charge is 0.150 e. The molecule has 2 nitrogen and oxygen atoms in total. The van der Waals surface area contributed by atoms with Crippen LogP contribution in [-0.4, -0.2) is 5.78 Å². The number of benzene rings is 1. The summed E-state index contributed by atoms with van der Waals surface area (Å²) in [4.78, 5) is 11.4. The van der Waals surface area contributed by atoms with Crippen molar-refractivity contribution < 1.29 is 4.79 Å². The van der Waals surface area contributed by atoms with Crippen LogP contribution in [0.25, 0.3) is 0 Å². The van der Waals surface area contributed by atoms with Gasteiger partial charge in [-0.1, -0.05) is 31.2 Å². The average molecular weight is 215 g/mol. The molecule has 0 saturated carbocycles. The Balaban J connectivity index is 2.88. The number of nitrogens with zero attached hydrogens (tertiary/aromatic N) is 1. The van der Waals surface area contributed by atoms with Gasteiger partial charge in [-0.2, -0.15) is 5.26 Å². The van der Waals surface area contributed by atoms with Gasteiger partial charge in [-0.15, -0.1) is 0 Å². The van der Waals surface area contributed by atoms with E-state index in [0.717, 1.165) is 12.0 Å². The molecule has 1 atom stereocenters. The largest absolute Gasteiger partial charge is 0.298 e. The molecule has 0 spiro atoms. The summed E-state index contributed by atoms with van der Waals surface area (Å²) in [6, 6.07) is 10.2. The van der Waals surface area contributed by atoms with Crippen molar-refractivity contribution in [2.24, 2.45) is 5.41 Å². The molecule has 0 amide bonds. The lowest BCUT2D eigenvalue weighted by Crippen LogP contribution is -2.26. The van der Waals surface area contributed by atoms with Gasteiger partial charge in [0.15, 0.2) is 0 Å². The summed E-state index contributed by atoms with van der Waals surface area (Å²) in [7, 11) is 0. The molecule has 0 N–H and O–H groups in total. The second kappa shape index (κ2) is 4.94. The molecule has 1 aromatic rings. The molecule has 0 saturated heterocycles. The minimum Gasteiger partial charge on any atom is -0.298 e. The maximum atomic E-state index is 11.4. The predicted molar refractivity (Wildman–Crippen MR) is 63.9 cm³/mol. The fourth-order valence-corrected chi connectivity index (χ4v) is 1.54. The maximum absolute atomic E-state index is 11.4. The van der Waals surface area contributed by atoms with Gasteiger partial charge < -0.3 is 0 Å². The first kappa shape index (κ1) is 12.4. The maximum Gasteiger partial charge on any atom is 0.150 e. The lowest BCUT2D eigenvalue weighted by Gasteiger charge is -2.17. The minimum atomic E-state index is -0.895. The molecule has 1 aromatic carbocycles. The van der Waals surface area contributed by atoms with Gasteiger partial charge in [0.1, 0.15) is 11.2 Å². The molecule has 1 rings (SSSR count). The molecule has 0 aliphatic carbocycles. The van der Waals surface area contributed by atoms with E-state index in [0.29, 0.717) is 6.42 Å². The fraction of sp³-hybridized carbons (Fsp3) is 0.429. The highest BCUT2D eigenvalue weighted by molar-refractivity contribution is 5.85. The summed E-state index contributed by atoms with van der Waals surface area (Å²) in [5, 5.41) is 9.05. The Kier molecular flexibility index (Phi) is 3.84. The second-order valence-electron chi connectivity index (χ2n) is 4.35. The van der Waals surface area contributed by atoms with E-state index in [1.807, 2.05) is 24.3 Å². The summed E-state index contributed by atoms with van der Waals surface area (Å²) in [6.07, 6.45) is 1.49. The molecule has 0 radical (unpaired) electrons. The van der Waals surface area contributed by atoms with Crippen molar-refractivity contribution in [3.8, 4) is 6.07 Å². The van der Waals surface area contributed by atoms with Crippen LogP contribution in [-0.2, 0) is 17.6 Å². The number of nitriles is 1. The zero-order valence-electron chi connectivity index (χ0n) is 10.1. The summed E-state index contributed by atoms with van der Waals surface area (Å²) < 4.78 is 0. The van der Waals surface area contributed by atoms with E-state index in [4.69, 9.17) is 5.26 Å². The molecule has 0 bridgehead atoms. The van der Waals surface area contributed by atoms with Crippen molar-refractivity contribution >= 4 is 5.78 Å². The molecular weight excluding hydrogens is 198 g/mol. The van der Waals surface area contributed by atoms with Crippen LogP contribution in [0.3, 0.4) is 0 Å². The molecule has 0 aliphatic rings. The van der Waals surface area contributed by atoms with Gasteiger partial charge >= 0.3 is 0 Å². The number of hydrogen-bond donors (Lipinski definition) is 0. The van der Waals surface area contributed by atoms with E-state index in [1.54, 1.807) is 6.92 Å². The lowest BCUT2D eigenvalue weighted by atomic mass is 9.81. The Bertz CT molecular complexity index is 413. The lowest BCUT2D eigenvalue weighted by molar-refractivity contribution is -0.123. The monoisotopic (exact) mass is 215 g/mol. The van der Waals surface area contributed by atoms with Gasteiger partial charge in [0.25, 0.3) is 0 Å². The number of Topliss-reactive ketones (excluding diaryl/α,β-unsaturated/α-hetero) is 1. The third-order valence-electron chi connectivity index (χ3n) is 3.01. The summed E-state index contributed by atoms with van der Waals surface area (Å²) in [5.74, 6) is -0.0745. The minimum absolute atomic E-state index is 0.0745. The van der Waals surface area contributed by atoms with Gasteiger partial charge in [-0.05, 0) is 37.8 Å². The van der Waals surface area contributed by atoms with Crippen molar-refractivity contribution in [2.75, 3.05) is 0 Å². The van der Waals surface area contributed by atoms with Crippen LogP contribution in [0.4, 0.5) is 0 Å². The van der Waals surface area contributed by atoms with Crippen molar-refractivity contribution in [1.29, 1.82) is 5.26 Å². The Morgan fingerprint density at radius 1 is 1.31 bits per heavy atom. The highest BCUT2D eigenvalue weighted by Crippen LogP contribution is 2.23. The van der Waals surface area contributed by atoms with Crippen LogP contribution in [0.2, 0.25) is 0 Å². The van der Waals surface area contributed by atoms with E-state index in [2.05, 4.69) is 13.0 Å². The van der Waals surface area contributed by atoms with Crippen LogP contribution < -0.4 is 0 Å². The Labute approximate surface area is 96.9 Å². The topological polar surface area (TPSA) is 40.9 Å². The Morgan fingerprint density at radius 2 is 1.81 bits per heavy atom.